The van der Waals surface area contributed by atoms with Crippen LogP contribution in [0.4, 0.5) is 11.5 Å². The maximum Gasteiger partial charge on any atom is 0.224 e. The molecule has 0 bridgehead atoms. The lowest BCUT2D eigenvalue weighted by atomic mass is 9.97. The smallest absolute Gasteiger partial charge is 0.224 e. The second kappa shape index (κ2) is 12.1. The van der Waals surface area contributed by atoms with Crippen LogP contribution in [0, 0.1) is 12.8 Å². The molecular formula is C31H44N8O. The lowest BCUT2D eigenvalue weighted by Gasteiger charge is -2.41. The number of amides is 1. The molecule has 9 heteroatoms. The van der Waals surface area contributed by atoms with Crippen molar-refractivity contribution in [2.75, 3.05) is 55.6 Å². The molecule has 0 spiro atoms. The highest BCUT2D eigenvalue weighted by atomic mass is 16.1. The molecule has 6 rings (SSSR count). The molecule has 9 nitrogen and oxygen atoms in total. The molecule has 0 unspecified atom stereocenters. The first-order chi connectivity index (χ1) is 19.6. The Kier molecular flexibility index (Phi) is 8.18. The van der Waals surface area contributed by atoms with Gasteiger partial charge >= 0.3 is 0 Å². The number of hydrogen-bond acceptors (Lipinski definition) is 7. The number of nitrogens with one attached hydrogen (secondary N) is 1. The van der Waals surface area contributed by atoms with Crippen LogP contribution in [0.25, 0.3) is 11.2 Å². The highest BCUT2D eigenvalue weighted by molar-refractivity contribution is 5.85. The molecule has 40 heavy (non-hydrogen) atoms. The predicted octanol–water partition coefficient (Wildman–Crippen LogP) is 3.79. The van der Waals surface area contributed by atoms with Crippen molar-refractivity contribution in [3.63, 3.8) is 0 Å². The number of benzene rings is 1. The van der Waals surface area contributed by atoms with Crippen LogP contribution in [-0.2, 0) is 17.8 Å². The lowest BCUT2D eigenvalue weighted by Crippen LogP contribution is -2.52. The Bertz CT molecular complexity index is 1320. The van der Waals surface area contributed by atoms with E-state index in [4.69, 9.17) is 4.98 Å². The molecule has 3 aliphatic heterocycles. The number of carbonyl (C=O) groups is 1. The van der Waals surface area contributed by atoms with Crippen molar-refractivity contribution < 1.29 is 4.79 Å². The average Bonchev–Trinajstić information content (AvgIpc) is 3.16. The third-order valence-electron chi connectivity index (χ3n) is 8.96. The minimum atomic E-state index is -0.0166. The highest BCUT2D eigenvalue weighted by Gasteiger charge is 2.29. The monoisotopic (exact) mass is 544 g/mol. The van der Waals surface area contributed by atoms with Crippen molar-refractivity contribution in [2.24, 2.45) is 5.92 Å². The molecule has 5 heterocycles. The van der Waals surface area contributed by atoms with E-state index in [1.807, 2.05) is 0 Å². The van der Waals surface area contributed by atoms with E-state index in [-0.39, 0.29) is 11.8 Å². The lowest BCUT2D eigenvalue weighted by molar-refractivity contribution is -0.125. The topological polar surface area (TPSA) is 82.4 Å². The second-order valence-corrected chi connectivity index (χ2v) is 12.0. The molecule has 0 aliphatic carbocycles. The van der Waals surface area contributed by atoms with Crippen molar-refractivity contribution in [3.8, 4) is 0 Å². The third-order valence-corrected chi connectivity index (χ3v) is 8.96. The van der Waals surface area contributed by atoms with E-state index >= 15 is 0 Å². The van der Waals surface area contributed by atoms with E-state index in [1.165, 1.54) is 30.5 Å². The zero-order chi connectivity index (χ0) is 27.5. The first kappa shape index (κ1) is 27.0. The Morgan fingerprint density at radius 3 is 2.85 bits per heavy atom. The summed E-state index contributed by atoms with van der Waals surface area (Å²) >= 11 is 0. The van der Waals surface area contributed by atoms with E-state index < -0.39 is 0 Å². The van der Waals surface area contributed by atoms with Crippen LogP contribution in [0.15, 0.2) is 30.6 Å². The van der Waals surface area contributed by atoms with Crippen molar-refractivity contribution in [2.45, 2.75) is 71.4 Å². The van der Waals surface area contributed by atoms with Crippen molar-refractivity contribution in [3.05, 3.63) is 42.0 Å². The summed E-state index contributed by atoms with van der Waals surface area (Å²) in [4.78, 5) is 34.7. The number of carbonyl (C=O) groups excluding carboxylic acids is 1. The minimum absolute atomic E-state index is 0.0166. The van der Waals surface area contributed by atoms with E-state index in [9.17, 15) is 4.79 Å². The maximum atomic E-state index is 13.2. The molecule has 1 amide bonds. The molecule has 3 aliphatic rings. The Labute approximate surface area is 238 Å². The number of anilines is 2. The largest absolute Gasteiger partial charge is 0.366 e. The first-order valence-corrected chi connectivity index (χ1v) is 15.4. The summed E-state index contributed by atoms with van der Waals surface area (Å²) in [5.74, 6) is 2.18. The molecular weight excluding hydrogens is 500 g/mol. The van der Waals surface area contributed by atoms with Crippen LogP contribution in [0.3, 0.4) is 0 Å². The summed E-state index contributed by atoms with van der Waals surface area (Å²) < 4.78 is 2.28. The van der Waals surface area contributed by atoms with E-state index in [0.717, 1.165) is 94.3 Å². The number of fused-ring (bicyclic) bond motifs is 3. The zero-order valence-corrected chi connectivity index (χ0v) is 24.2. The van der Waals surface area contributed by atoms with Crippen LogP contribution in [-0.4, -0.2) is 82.2 Å². The summed E-state index contributed by atoms with van der Waals surface area (Å²) in [5.41, 5.74) is 4.48. The van der Waals surface area contributed by atoms with E-state index in [2.05, 4.69) is 72.7 Å². The Morgan fingerprint density at radius 1 is 1.05 bits per heavy atom. The van der Waals surface area contributed by atoms with Crippen molar-refractivity contribution >= 4 is 28.6 Å². The number of aromatic nitrogens is 4. The standard InChI is InChI=1S/C31H44N8O/c1-23-9-6-11-26(19-23)38-18-17-36(20-24(38)2)14-8-13-32-31(40)25-10-7-15-37(21-25)29-28-30(34-22-33-29)39-16-5-3-4-12-27(39)35-28/h6,9,11,19,22,24-25H,3-5,7-8,10,12-18,20-21H2,1-2H3,(H,32,40)/t24-,25+/m0/s1. The normalized spacial score (nSPS) is 22.2. The molecule has 0 radical (unpaired) electrons. The van der Waals surface area contributed by atoms with E-state index in [0.29, 0.717) is 12.6 Å². The average molecular weight is 545 g/mol. The molecule has 2 atom stereocenters. The summed E-state index contributed by atoms with van der Waals surface area (Å²) in [6.07, 6.45) is 9.16. The van der Waals surface area contributed by atoms with Crippen molar-refractivity contribution in [1.82, 2.24) is 29.7 Å². The van der Waals surface area contributed by atoms with Gasteiger partial charge in [0.1, 0.15) is 12.2 Å². The van der Waals surface area contributed by atoms with Gasteiger partial charge in [-0.3, -0.25) is 9.69 Å². The number of rotatable bonds is 7. The van der Waals surface area contributed by atoms with Gasteiger partial charge in [-0.1, -0.05) is 18.6 Å². The van der Waals surface area contributed by atoms with Gasteiger partial charge in [-0.05, 0) is 70.2 Å². The van der Waals surface area contributed by atoms with Crippen LogP contribution >= 0.6 is 0 Å². The number of aryl methyl sites for hydroxylation is 3. The van der Waals surface area contributed by atoms with Gasteiger partial charge in [0.25, 0.3) is 0 Å². The summed E-state index contributed by atoms with van der Waals surface area (Å²) in [6.45, 7) is 12.0. The first-order valence-electron chi connectivity index (χ1n) is 15.4. The molecule has 2 aromatic heterocycles. The quantitative estimate of drug-likeness (QED) is 0.453. The maximum absolute atomic E-state index is 13.2. The number of nitrogens with zero attached hydrogens (tertiary/aromatic N) is 7. The van der Waals surface area contributed by atoms with Crippen LogP contribution in [0.5, 0.6) is 0 Å². The Balaban J connectivity index is 0.988. The second-order valence-electron chi connectivity index (χ2n) is 12.0. The number of hydrogen-bond donors (Lipinski definition) is 1. The molecule has 1 aromatic carbocycles. The van der Waals surface area contributed by atoms with Crippen molar-refractivity contribution in [1.29, 1.82) is 0 Å². The van der Waals surface area contributed by atoms with Gasteiger partial charge in [-0.2, -0.15) is 0 Å². The Hall–Kier alpha value is -3.20. The van der Waals surface area contributed by atoms with E-state index in [1.54, 1.807) is 6.33 Å². The molecule has 2 fully saturated rings. The van der Waals surface area contributed by atoms with Gasteiger partial charge in [0.05, 0.1) is 5.92 Å². The van der Waals surface area contributed by atoms with Crippen LogP contribution < -0.4 is 15.1 Å². The van der Waals surface area contributed by atoms with Crippen LogP contribution in [0.1, 0.15) is 56.8 Å². The zero-order valence-electron chi connectivity index (χ0n) is 24.2. The predicted molar refractivity (Wildman–Crippen MR) is 160 cm³/mol. The van der Waals surface area contributed by atoms with Gasteiger partial charge < -0.3 is 19.7 Å². The van der Waals surface area contributed by atoms with Gasteiger partial charge in [0.2, 0.25) is 5.91 Å². The minimum Gasteiger partial charge on any atom is -0.366 e. The van der Waals surface area contributed by atoms with Gasteiger partial charge in [-0.25, -0.2) is 15.0 Å². The summed E-state index contributed by atoms with van der Waals surface area (Å²) in [5, 5.41) is 3.24. The van der Waals surface area contributed by atoms with Crippen LogP contribution in [0.2, 0.25) is 0 Å². The highest BCUT2D eigenvalue weighted by Crippen LogP contribution is 2.29. The SMILES string of the molecule is Cc1cccc(N2CCN(CCCNC(=O)[C@@H]3CCCN(c4ncnc5c4nc4n5CCCCC4)C3)C[C@@H]2C)c1. The number of piperazine rings is 1. The Morgan fingerprint density at radius 2 is 1.98 bits per heavy atom. The summed E-state index contributed by atoms with van der Waals surface area (Å²) in [7, 11) is 0. The third kappa shape index (κ3) is 5.80. The number of piperidine rings is 1. The fourth-order valence-electron chi connectivity index (χ4n) is 6.83. The molecule has 214 valence electrons. The number of imidazole rings is 1. The molecule has 2 saturated heterocycles. The molecule has 1 N–H and O–H groups in total. The fraction of sp³-hybridized carbons (Fsp3) is 0.613. The molecule has 3 aromatic rings. The van der Waals surface area contributed by atoms with Gasteiger partial charge in [-0.15, -0.1) is 0 Å². The fourth-order valence-corrected chi connectivity index (χ4v) is 6.83. The van der Waals surface area contributed by atoms with Gasteiger partial charge in [0.15, 0.2) is 17.0 Å². The van der Waals surface area contributed by atoms with Gasteiger partial charge in [0, 0.05) is 64.0 Å². The molecule has 0 saturated carbocycles. The summed E-state index contributed by atoms with van der Waals surface area (Å²) in [6, 6.07) is 9.29.